The highest BCUT2D eigenvalue weighted by molar-refractivity contribution is 7.10. The standard InChI is InChI=1S/C13H15N5OS.ClH/c14-10-6-7-18(8-10)13(19)15-12-11(16-17-20-12)9-4-2-1-3-5-9;/h1-5,10H,6-8,14H2,(H,15,19);1H. The minimum absolute atomic E-state index is 0. The maximum atomic E-state index is 12.2. The molecule has 1 unspecified atom stereocenters. The summed E-state index contributed by atoms with van der Waals surface area (Å²) in [4.78, 5) is 13.9. The van der Waals surface area contributed by atoms with Gasteiger partial charge in [0.2, 0.25) is 0 Å². The zero-order valence-electron chi connectivity index (χ0n) is 11.2. The van der Waals surface area contributed by atoms with Crippen molar-refractivity contribution in [2.45, 2.75) is 12.5 Å². The number of anilines is 1. The third-order valence-corrected chi connectivity index (χ3v) is 3.91. The highest BCUT2D eigenvalue weighted by atomic mass is 35.5. The van der Waals surface area contributed by atoms with Gasteiger partial charge >= 0.3 is 6.03 Å². The first-order valence-electron chi connectivity index (χ1n) is 6.43. The Balaban J connectivity index is 0.00000161. The van der Waals surface area contributed by atoms with Crippen LogP contribution in [0.3, 0.4) is 0 Å². The minimum atomic E-state index is -0.138. The maximum absolute atomic E-state index is 12.2. The van der Waals surface area contributed by atoms with Gasteiger partial charge in [-0.05, 0) is 6.42 Å². The van der Waals surface area contributed by atoms with Gasteiger partial charge in [-0.3, -0.25) is 5.32 Å². The molecule has 2 aromatic rings. The zero-order chi connectivity index (χ0) is 13.9. The lowest BCUT2D eigenvalue weighted by Crippen LogP contribution is -2.35. The van der Waals surface area contributed by atoms with Gasteiger partial charge in [0.1, 0.15) is 10.7 Å². The molecule has 0 bridgehead atoms. The topological polar surface area (TPSA) is 84.1 Å². The summed E-state index contributed by atoms with van der Waals surface area (Å²) in [6.45, 7) is 1.29. The van der Waals surface area contributed by atoms with Gasteiger partial charge < -0.3 is 10.6 Å². The van der Waals surface area contributed by atoms with Crippen LogP contribution in [0.5, 0.6) is 0 Å². The molecule has 6 nitrogen and oxygen atoms in total. The molecular weight excluding hydrogens is 310 g/mol. The summed E-state index contributed by atoms with van der Waals surface area (Å²) in [6, 6.07) is 9.62. The molecule has 0 aliphatic carbocycles. The highest BCUT2D eigenvalue weighted by Gasteiger charge is 2.24. The smallest absolute Gasteiger partial charge is 0.322 e. The van der Waals surface area contributed by atoms with Gasteiger partial charge in [-0.2, -0.15) is 0 Å². The fraction of sp³-hybridized carbons (Fsp3) is 0.308. The van der Waals surface area contributed by atoms with Crippen molar-refractivity contribution in [3.05, 3.63) is 30.3 Å². The van der Waals surface area contributed by atoms with Crippen LogP contribution in [0.1, 0.15) is 6.42 Å². The van der Waals surface area contributed by atoms with Gasteiger partial charge in [0.05, 0.1) is 0 Å². The van der Waals surface area contributed by atoms with E-state index in [2.05, 4.69) is 14.9 Å². The Bertz CT molecular complexity index is 606. The first-order valence-corrected chi connectivity index (χ1v) is 7.20. The Kier molecular flexibility index (Phi) is 5.11. The minimum Gasteiger partial charge on any atom is -0.326 e. The second kappa shape index (κ2) is 6.84. The molecule has 1 aromatic carbocycles. The molecule has 0 radical (unpaired) electrons. The predicted molar refractivity (Wildman–Crippen MR) is 85.8 cm³/mol. The summed E-state index contributed by atoms with van der Waals surface area (Å²) in [5.74, 6) is 0. The average Bonchev–Trinajstić information content (AvgIpc) is 3.09. The first kappa shape index (κ1) is 15.7. The Morgan fingerprint density at radius 2 is 2.14 bits per heavy atom. The lowest BCUT2D eigenvalue weighted by atomic mass is 10.2. The molecule has 3 rings (SSSR count). The van der Waals surface area contributed by atoms with Crippen molar-refractivity contribution in [3.8, 4) is 11.3 Å². The van der Waals surface area contributed by atoms with Crippen LogP contribution in [0, 0.1) is 0 Å². The van der Waals surface area contributed by atoms with Crippen molar-refractivity contribution >= 4 is 35.0 Å². The molecule has 1 aromatic heterocycles. The van der Waals surface area contributed by atoms with Crippen molar-refractivity contribution in [1.82, 2.24) is 14.5 Å². The van der Waals surface area contributed by atoms with E-state index in [1.165, 1.54) is 11.5 Å². The van der Waals surface area contributed by atoms with Crippen molar-refractivity contribution in [3.63, 3.8) is 0 Å². The van der Waals surface area contributed by atoms with Crippen LogP contribution in [-0.2, 0) is 0 Å². The number of benzene rings is 1. The van der Waals surface area contributed by atoms with E-state index < -0.39 is 0 Å². The maximum Gasteiger partial charge on any atom is 0.322 e. The average molecular weight is 326 g/mol. The number of nitrogens with one attached hydrogen (secondary N) is 1. The molecule has 2 amide bonds. The van der Waals surface area contributed by atoms with Crippen LogP contribution in [-0.4, -0.2) is 39.6 Å². The fourth-order valence-electron chi connectivity index (χ4n) is 2.21. The van der Waals surface area contributed by atoms with Crippen LogP contribution >= 0.6 is 23.9 Å². The normalized spacial score (nSPS) is 17.4. The van der Waals surface area contributed by atoms with Gasteiger partial charge in [-0.1, -0.05) is 34.8 Å². The second-order valence-corrected chi connectivity index (χ2v) is 5.50. The van der Waals surface area contributed by atoms with Crippen molar-refractivity contribution < 1.29 is 4.79 Å². The van der Waals surface area contributed by atoms with Gasteiger partial charge in [0, 0.05) is 36.2 Å². The summed E-state index contributed by atoms with van der Waals surface area (Å²) in [7, 11) is 0. The molecule has 2 heterocycles. The molecule has 8 heteroatoms. The van der Waals surface area contributed by atoms with Crippen molar-refractivity contribution in [1.29, 1.82) is 0 Å². The van der Waals surface area contributed by atoms with Crippen LogP contribution < -0.4 is 11.1 Å². The Morgan fingerprint density at radius 1 is 1.38 bits per heavy atom. The SMILES string of the molecule is Cl.NC1CCN(C(=O)Nc2snnc2-c2ccccc2)C1. The van der Waals surface area contributed by atoms with E-state index in [9.17, 15) is 4.79 Å². The number of nitrogens with zero attached hydrogens (tertiary/aromatic N) is 3. The quantitative estimate of drug-likeness (QED) is 0.886. The lowest BCUT2D eigenvalue weighted by Gasteiger charge is -2.16. The van der Waals surface area contributed by atoms with Gasteiger partial charge in [0.15, 0.2) is 0 Å². The lowest BCUT2D eigenvalue weighted by molar-refractivity contribution is 0.222. The molecule has 112 valence electrons. The number of urea groups is 1. The monoisotopic (exact) mass is 325 g/mol. The molecule has 0 spiro atoms. The number of carbonyl (C=O) groups is 1. The van der Waals surface area contributed by atoms with E-state index >= 15 is 0 Å². The van der Waals surface area contributed by atoms with Crippen LogP contribution in [0.25, 0.3) is 11.3 Å². The Morgan fingerprint density at radius 3 is 2.81 bits per heavy atom. The Labute approximate surface area is 132 Å². The number of likely N-dealkylation sites (tertiary alicyclic amines) is 1. The van der Waals surface area contributed by atoms with Gasteiger partial charge in [-0.15, -0.1) is 17.5 Å². The van der Waals surface area contributed by atoms with Crippen molar-refractivity contribution in [2.24, 2.45) is 5.73 Å². The molecule has 1 aliphatic heterocycles. The number of nitrogens with two attached hydrogens (primary N) is 1. The summed E-state index contributed by atoms with van der Waals surface area (Å²) < 4.78 is 3.93. The molecule has 1 atom stereocenters. The molecule has 3 N–H and O–H groups in total. The van der Waals surface area contributed by atoms with E-state index in [4.69, 9.17) is 5.73 Å². The fourth-order valence-corrected chi connectivity index (χ4v) is 2.79. The number of aromatic nitrogens is 2. The summed E-state index contributed by atoms with van der Waals surface area (Å²) in [6.07, 6.45) is 0.847. The van der Waals surface area contributed by atoms with Crippen LogP contribution in [0.4, 0.5) is 9.80 Å². The van der Waals surface area contributed by atoms with E-state index in [0.29, 0.717) is 23.8 Å². The molecule has 21 heavy (non-hydrogen) atoms. The number of rotatable bonds is 2. The van der Waals surface area contributed by atoms with E-state index in [1.807, 2.05) is 30.3 Å². The van der Waals surface area contributed by atoms with Crippen molar-refractivity contribution in [2.75, 3.05) is 18.4 Å². The molecule has 1 aliphatic rings. The summed E-state index contributed by atoms with van der Waals surface area (Å²) in [5.41, 5.74) is 7.45. The van der Waals surface area contributed by atoms with Gasteiger partial charge in [-0.25, -0.2) is 4.79 Å². The third kappa shape index (κ3) is 3.49. The largest absolute Gasteiger partial charge is 0.326 e. The van der Waals surface area contributed by atoms with Crippen LogP contribution in [0.15, 0.2) is 30.3 Å². The van der Waals surface area contributed by atoms with Crippen LogP contribution in [0.2, 0.25) is 0 Å². The van der Waals surface area contributed by atoms with E-state index in [0.717, 1.165) is 12.0 Å². The summed E-state index contributed by atoms with van der Waals surface area (Å²) >= 11 is 1.18. The number of amides is 2. The van der Waals surface area contributed by atoms with Gasteiger partial charge in [0.25, 0.3) is 0 Å². The Hall–Kier alpha value is -1.70. The highest BCUT2D eigenvalue weighted by Crippen LogP contribution is 2.28. The zero-order valence-corrected chi connectivity index (χ0v) is 12.9. The predicted octanol–water partition coefficient (Wildman–Crippen LogP) is 2.19. The number of hydrogen-bond acceptors (Lipinski definition) is 5. The van der Waals surface area contributed by atoms with E-state index in [1.54, 1.807) is 4.90 Å². The third-order valence-electron chi connectivity index (χ3n) is 3.27. The number of halogens is 1. The molecule has 1 saturated heterocycles. The van der Waals surface area contributed by atoms with E-state index in [-0.39, 0.29) is 24.5 Å². The molecular formula is C13H16ClN5OS. The molecule has 0 saturated carbocycles. The number of hydrogen-bond donors (Lipinski definition) is 2. The second-order valence-electron chi connectivity index (χ2n) is 4.74. The first-order chi connectivity index (χ1) is 9.74. The number of carbonyl (C=O) groups excluding carboxylic acids is 1. The molecule has 1 fully saturated rings. The summed E-state index contributed by atoms with van der Waals surface area (Å²) in [5, 5.41) is 7.64.